The van der Waals surface area contributed by atoms with Crippen LogP contribution in [0.25, 0.3) is 0 Å². The highest BCUT2D eigenvalue weighted by molar-refractivity contribution is 6.22. The van der Waals surface area contributed by atoms with Crippen molar-refractivity contribution in [2.75, 3.05) is 5.43 Å². The van der Waals surface area contributed by atoms with Crippen LogP contribution in [0.3, 0.4) is 0 Å². The summed E-state index contributed by atoms with van der Waals surface area (Å²) < 4.78 is 0. The first-order valence-corrected chi connectivity index (χ1v) is 3.77. The minimum absolute atomic E-state index is 0.767. The van der Waals surface area contributed by atoms with E-state index in [4.69, 9.17) is 5.11 Å². The zero-order valence-electron chi connectivity index (χ0n) is 7.19. The molecule has 13 heavy (non-hydrogen) atoms. The lowest BCUT2D eigenvalue weighted by Crippen LogP contribution is -1.98. The van der Waals surface area contributed by atoms with Crippen LogP contribution in [0, 0.1) is 6.92 Å². The van der Waals surface area contributed by atoms with Crippen LogP contribution in [-0.4, -0.2) is 17.3 Å². The highest BCUT2D eigenvalue weighted by Gasteiger charge is 1.89. The van der Waals surface area contributed by atoms with Crippen molar-refractivity contribution in [3.05, 3.63) is 29.8 Å². The number of nitrogens with one attached hydrogen (secondary N) is 1. The molecule has 0 saturated heterocycles. The minimum atomic E-state index is -1.07. The van der Waals surface area contributed by atoms with E-state index in [1.165, 1.54) is 0 Å². The van der Waals surface area contributed by atoms with Crippen molar-refractivity contribution in [1.29, 1.82) is 0 Å². The van der Waals surface area contributed by atoms with Crippen LogP contribution in [0.5, 0.6) is 0 Å². The van der Waals surface area contributed by atoms with Crippen molar-refractivity contribution in [2.45, 2.75) is 6.92 Å². The van der Waals surface area contributed by atoms with Crippen LogP contribution in [0.4, 0.5) is 5.69 Å². The quantitative estimate of drug-likeness (QED) is 0.544. The van der Waals surface area contributed by atoms with E-state index in [1.807, 2.05) is 31.2 Å². The molecule has 68 valence electrons. The van der Waals surface area contributed by atoms with Gasteiger partial charge in [-0.05, 0) is 19.1 Å². The summed E-state index contributed by atoms with van der Waals surface area (Å²) in [6, 6.07) is 7.49. The van der Waals surface area contributed by atoms with Gasteiger partial charge in [0.2, 0.25) is 0 Å². The Bertz CT molecular complexity index is 317. The highest BCUT2D eigenvalue weighted by atomic mass is 16.4. The Morgan fingerprint density at radius 1 is 1.46 bits per heavy atom. The van der Waals surface area contributed by atoms with Crippen molar-refractivity contribution in [3.8, 4) is 0 Å². The molecule has 0 unspecified atom stereocenters. The van der Waals surface area contributed by atoms with E-state index < -0.39 is 5.97 Å². The smallest absolute Gasteiger partial charge is 0.348 e. The number of carboxylic acids is 1. The average Bonchev–Trinajstić information content (AvgIpc) is 2.08. The van der Waals surface area contributed by atoms with E-state index in [2.05, 4.69) is 10.5 Å². The van der Waals surface area contributed by atoms with Crippen molar-refractivity contribution in [3.63, 3.8) is 0 Å². The van der Waals surface area contributed by atoms with E-state index in [0.29, 0.717) is 0 Å². The van der Waals surface area contributed by atoms with E-state index >= 15 is 0 Å². The van der Waals surface area contributed by atoms with Crippen LogP contribution in [0.15, 0.2) is 29.4 Å². The fourth-order valence-electron chi connectivity index (χ4n) is 0.790. The molecule has 0 amide bonds. The number of hydrogen-bond donors (Lipinski definition) is 2. The van der Waals surface area contributed by atoms with Gasteiger partial charge in [0.1, 0.15) is 6.21 Å². The Kier molecular flexibility index (Phi) is 3.03. The fraction of sp³-hybridized carbons (Fsp3) is 0.111. The van der Waals surface area contributed by atoms with E-state index in [-0.39, 0.29) is 0 Å². The third-order valence-corrected chi connectivity index (χ3v) is 1.42. The van der Waals surface area contributed by atoms with Crippen LogP contribution in [0.2, 0.25) is 0 Å². The monoisotopic (exact) mass is 178 g/mol. The second-order valence-corrected chi connectivity index (χ2v) is 2.57. The third-order valence-electron chi connectivity index (χ3n) is 1.42. The van der Waals surface area contributed by atoms with Gasteiger partial charge in [-0.1, -0.05) is 17.7 Å². The molecular weight excluding hydrogens is 168 g/mol. The molecule has 0 spiro atoms. The molecule has 0 aromatic heterocycles. The zero-order valence-corrected chi connectivity index (χ0v) is 7.19. The Balaban J connectivity index is 2.55. The summed E-state index contributed by atoms with van der Waals surface area (Å²) in [4.78, 5) is 10.1. The first-order chi connectivity index (χ1) is 6.18. The first kappa shape index (κ1) is 9.25. The molecule has 2 N–H and O–H groups in total. The average molecular weight is 178 g/mol. The van der Waals surface area contributed by atoms with Gasteiger partial charge in [-0.2, -0.15) is 5.10 Å². The van der Waals surface area contributed by atoms with E-state index in [9.17, 15) is 4.79 Å². The zero-order chi connectivity index (χ0) is 9.68. The summed E-state index contributed by atoms with van der Waals surface area (Å²) in [6.07, 6.45) is 0.805. The standard InChI is InChI=1S/C9H10N2O2/c1-7-2-4-8(5-3-7)11-10-6-9(12)13/h2-6,11H,1H3,(H,12,13)/b10-6-. The molecule has 1 aromatic rings. The van der Waals surface area contributed by atoms with Crippen LogP contribution in [0.1, 0.15) is 5.56 Å². The summed E-state index contributed by atoms with van der Waals surface area (Å²) in [6.45, 7) is 1.98. The Hall–Kier alpha value is -1.84. The number of rotatable bonds is 3. The summed E-state index contributed by atoms with van der Waals surface area (Å²) in [7, 11) is 0. The van der Waals surface area contributed by atoms with Gasteiger partial charge in [-0.25, -0.2) is 4.79 Å². The SMILES string of the molecule is Cc1ccc(N/N=C\C(=O)O)cc1. The number of carbonyl (C=O) groups is 1. The van der Waals surface area contributed by atoms with Crippen molar-refractivity contribution < 1.29 is 9.90 Å². The second-order valence-electron chi connectivity index (χ2n) is 2.57. The molecule has 0 atom stereocenters. The number of nitrogens with zero attached hydrogens (tertiary/aromatic N) is 1. The molecular formula is C9H10N2O2. The third kappa shape index (κ3) is 3.37. The summed E-state index contributed by atoms with van der Waals surface area (Å²) >= 11 is 0. The molecule has 0 aliphatic heterocycles. The number of hydrazone groups is 1. The van der Waals surface area contributed by atoms with Gasteiger partial charge in [0.05, 0.1) is 5.69 Å². The normalized spacial score (nSPS) is 10.2. The number of hydrogen-bond acceptors (Lipinski definition) is 3. The van der Waals surface area contributed by atoms with Gasteiger partial charge < -0.3 is 5.11 Å². The van der Waals surface area contributed by atoms with Gasteiger partial charge in [0, 0.05) is 0 Å². The molecule has 0 heterocycles. The summed E-state index contributed by atoms with van der Waals surface area (Å²) in [5, 5.41) is 11.7. The molecule has 0 fully saturated rings. The van der Waals surface area contributed by atoms with Crippen LogP contribution in [-0.2, 0) is 4.79 Å². The summed E-state index contributed by atoms with van der Waals surface area (Å²) in [5.74, 6) is -1.07. The Labute approximate surface area is 75.9 Å². The highest BCUT2D eigenvalue weighted by Crippen LogP contribution is 2.07. The molecule has 1 aromatic carbocycles. The van der Waals surface area contributed by atoms with Gasteiger partial charge >= 0.3 is 5.97 Å². The first-order valence-electron chi connectivity index (χ1n) is 3.77. The number of benzene rings is 1. The van der Waals surface area contributed by atoms with Crippen molar-refractivity contribution >= 4 is 17.9 Å². The number of anilines is 1. The lowest BCUT2D eigenvalue weighted by molar-refractivity contribution is -0.128. The van der Waals surface area contributed by atoms with Gasteiger partial charge in [-0.3, -0.25) is 5.43 Å². The topological polar surface area (TPSA) is 61.7 Å². The Morgan fingerprint density at radius 3 is 2.62 bits per heavy atom. The molecule has 0 radical (unpaired) electrons. The molecule has 4 heteroatoms. The maximum absolute atomic E-state index is 10.1. The fourth-order valence-corrected chi connectivity index (χ4v) is 0.790. The predicted molar refractivity (Wildman–Crippen MR) is 50.9 cm³/mol. The Morgan fingerprint density at radius 2 is 2.08 bits per heavy atom. The van der Waals surface area contributed by atoms with Gasteiger partial charge in [-0.15, -0.1) is 0 Å². The van der Waals surface area contributed by atoms with Crippen molar-refractivity contribution in [1.82, 2.24) is 0 Å². The largest absolute Gasteiger partial charge is 0.477 e. The number of carboxylic acid groups (broad SMARTS) is 1. The van der Waals surface area contributed by atoms with Crippen LogP contribution >= 0.6 is 0 Å². The van der Waals surface area contributed by atoms with Crippen LogP contribution < -0.4 is 5.43 Å². The summed E-state index contributed by atoms with van der Waals surface area (Å²) in [5.41, 5.74) is 4.50. The second kappa shape index (κ2) is 4.25. The molecule has 1 rings (SSSR count). The minimum Gasteiger partial charge on any atom is -0.477 e. The predicted octanol–water partition coefficient (Wildman–Crippen LogP) is 1.48. The van der Waals surface area contributed by atoms with Gasteiger partial charge in [0.15, 0.2) is 0 Å². The lowest BCUT2D eigenvalue weighted by Gasteiger charge is -1.98. The maximum Gasteiger partial charge on any atom is 0.348 e. The van der Waals surface area contributed by atoms with Crippen molar-refractivity contribution in [2.24, 2.45) is 5.10 Å². The lowest BCUT2D eigenvalue weighted by atomic mass is 10.2. The molecule has 0 saturated carbocycles. The maximum atomic E-state index is 10.1. The van der Waals surface area contributed by atoms with E-state index in [0.717, 1.165) is 17.5 Å². The molecule has 0 aliphatic carbocycles. The number of aliphatic carboxylic acids is 1. The molecule has 4 nitrogen and oxygen atoms in total. The molecule has 0 bridgehead atoms. The molecule has 0 aliphatic rings. The van der Waals surface area contributed by atoms with Gasteiger partial charge in [0.25, 0.3) is 0 Å². The van der Waals surface area contributed by atoms with E-state index in [1.54, 1.807) is 0 Å². The number of aryl methyl sites for hydroxylation is 1.